The standard InChI is InChI=1S/C16H15ClN2O4/c1-22-15-8-13-16(9-14(15)19(20)21)23-7-6-18(13)10-11-2-4-12(17)5-3-11/h2-5,8-9H,6-7,10H2,1H3. The molecule has 0 amide bonds. The number of ether oxygens (including phenoxy) is 2. The van der Waals surface area contributed by atoms with Gasteiger partial charge in [-0.2, -0.15) is 0 Å². The van der Waals surface area contributed by atoms with E-state index in [0.717, 1.165) is 11.3 Å². The van der Waals surface area contributed by atoms with Crippen molar-refractivity contribution in [2.45, 2.75) is 6.54 Å². The van der Waals surface area contributed by atoms with Crippen molar-refractivity contribution in [2.24, 2.45) is 0 Å². The van der Waals surface area contributed by atoms with Crippen molar-refractivity contribution in [1.82, 2.24) is 0 Å². The van der Waals surface area contributed by atoms with Gasteiger partial charge >= 0.3 is 5.69 Å². The highest BCUT2D eigenvalue weighted by molar-refractivity contribution is 6.30. The van der Waals surface area contributed by atoms with Gasteiger partial charge in [0.15, 0.2) is 5.75 Å². The van der Waals surface area contributed by atoms with Crippen LogP contribution >= 0.6 is 11.6 Å². The molecule has 0 saturated carbocycles. The van der Waals surface area contributed by atoms with E-state index in [0.29, 0.717) is 30.5 Å². The Morgan fingerprint density at radius 1 is 1.35 bits per heavy atom. The van der Waals surface area contributed by atoms with Gasteiger partial charge in [0.05, 0.1) is 30.3 Å². The summed E-state index contributed by atoms with van der Waals surface area (Å²) < 4.78 is 10.7. The number of nitro groups is 1. The number of hydrogen-bond acceptors (Lipinski definition) is 5. The van der Waals surface area contributed by atoms with Gasteiger partial charge < -0.3 is 14.4 Å². The summed E-state index contributed by atoms with van der Waals surface area (Å²) in [6.45, 7) is 1.83. The first-order valence-electron chi connectivity index (χ1n) is 7.07. The maximum atomic E-state index is 11.1. The van der Waals surface area contributed by atoms with Crippen molar-refractivity contribution in [2.75, 3.05) is 25.2 Å². The molecule has 0 N–H and O–H groups in total. The van der Waals surface area contributed by atoms with Crippen LogP contribution in [-0.2, 0) is 6.54 Å². The molecule has 0 radical (unpaired) electrons. The smallest absolute Gasteiger partial charge is 0.314 e. The lowest BCUT2D eigenvalue weighted by molar-refractivity contribution is -0.385. The molecule has 6 nitrogen and oxygen atoms in total. The van der Waals surface area contributed by atoms with Gasteiger partial charge in [0.2, 0.25) is 0 Å². The van der Waals surface area contributed by atoms with E-state index >= 15 is 0 Å². The monoisotopic (exact) mass is 334 g/mol. The first kappa shape index (κ1) is 15.4. The Kier molecular flexibility index (Phi) is 4.25. The summed E-state index contributed by atoms with van der Waals surface area (Å²) in [6, 6.07) is 10.7. The van der Waals surface area contributed by atoms with Crippen LogP contribution in [0.5, 0.6) is 11.5 Å². The Morgan fingerprint density at radius 3 is 2.74 bits per heavy atom. The largest absolute Gasteiger partial charge is 0.490 e. The molecule has 0 unspecified atom stereocenters. The SMILES string of the molecule is COc1cc2c(cc1[N+](=O)[O-])OCCN2Cc1ccc(Cl)cc1. The van der Waals surface area contributed by atoms with E-state index in [1.807, 2.05) is 24.3 Å². The molecule has 1 aliphatic heterocycles. The maximum Gasteiger partial charge on any atom is 0.314 e. The van der Waals surface area contributed by atoms with E-state index in [9.17, 15) is 10.1 Å². The van der Waals surface area contributed by atoms with Crippen molar-refractivity contribution < 1.29 is 14.4 Å². The third-order valence-corrected chi connectivity index (χ3v) is 3.96. The number of nitrogens with zero attached hydrogens (tertiary/aromatic N) is 2. The van der Waals surface area contributed by atoms with Crippen LogP contribution in [0.15, 0.2) is 36.4 Å². The lowest BCUT2D eigenvalue weighted by Gasteiger charge is -2.31. The Labute approximate surface area is 138 Å². The van der Waals surface area contributed by atoms with Gasteiger partial charge in [0, 0.05) is 17.6 Å². The van der Waals surface area contributed by atoms with Crippen LogP contribution in [0.2, 0.25) is 5.02 Å². The van der Waals surface area contributed by atoms with Crippen molar-refractivity contribution >= 4 is 23.0 Å². The number of rotatable bonds is 4. The van der Waals surface area contributed by atoms with Crippen LogP contribution < -0.4 is 14.4 Å². The quantitative estimate of drug-likeness (QED) is 0.630. The molecular formula is C16H15ClN2O4. The molecule has 120 valence electrons. The summed E-state index contributed by atoms with van der Waals surface area (Å²) in [5.41, 5.74) is 1.79. The molecule has 0 aromatic heterocycles. The predicted octanol–water partition coefficient (Wildman–Crippen LogP) is 3.66. The molecule has 0 aliphatic carbocycles. The van der Waals surface area contributed by atoms with Crippen molar-refractivity contribution in [1.29, 1.82) is 0 Å². The molecule has 2 aromatic carbocycles. The number of fused-ring (bicyclic) bond motifs is 1. The average molecular weight is 335 g/mol. The minimum Gasteiger partial charge on any atom is -0.490 e. The molecule has 0 bridgehead atoms. The molecule has 0 fully saturated rings. The topological polar surface area (TPSA) is 64.8 Å². The van der Waals surface area contributed by atoms with E-state index in [4.69, 9.17) is 21.1 Å². The first-order valence-corrected chi connectivity index (χ1v) is 7.45. The fraction of sp³-hybridized carbons (Fsp3) is 0.250. The van der Waals surface area contributed by atoms with Crippen molar-refractivity contribution in [3.05, 3.63) is 57.1 Å². The van der Waals surface area contributed by atoms with E-state index in [1.165, 1.54) is 13.2 Å². The number of benzene rings is 2. The zero-order valence-electron chi connectivity index (χ0n) is 12.5. The molecule has 2 aromatic rings. The Bertz CT molecular complexity index is 734. The van der Waals surface area contributed by atoms with Crippen LogP contribution in [0.1, 0.15) is 5.56 Å². The van der Waals surface area contributed by atoms with Gasteiger partial charge in [-0.25, -0.2) is 0 Å². The number of hydrogen-bond donors (Lipinski definition) is 0. The van der Waals surface area contributed by atoms with Gasteiger partial charge in [0.1, 0.15) is 12.4 Å². The second-order valence-corrected chi connectivity index (χ2v) is 5.58. The number of nitro benzene ring substituents is 1. The molecule has 0 saturated heterocycles. The maximum absolute atomic E-state index is 11.1. The van der Waals surface area contributed by atoms with Gasteiger partial charge in [-0.1, -0.05) is 23.7 Å². The third kappa shape index (κ3) is 3.17. The second kappa shape index (κ2) is 6.34. The van der Waals surface area contributed by atoms with Gasteiger partial charge in [-0.05, 0) is 17.7 Å². The van der Waals surface area contributed by atoms with E-state index in [-0.39, 0.29) is 11.4 Å². The Morgan fingerprint density at radius 2 is 2.09 bits per heavy atom. The summed E-state index contributed by atoms with van der Waals surface area (Å²) >= 11 is 5.91. The van der Waals surface area contributed by atoms with Crippen LogP contribution in [-0.4, -0.2) is 25.2 Å². The number of halogens is 1. The Hall–Kier alpha value is -2.47. The summed E-state index contributed by atoms with van der Waals surface area (Å²) in [5, 5.41) is 11.8. The minimum absolute atomic E-state index is 0.0976. The molecule has 7 heteroatoms. The average Bonchev–Trinajstić information content (AvgIpc) is 2.56. The molecule has 23 heavy (non-hydrogen) atoms. The summed E-state index contributed by atoms with van der Waals surface area (Å²) in [7, 11) is 1.42. The van der Waals surface area contributed by atoms with Gasteiger partial charge in [0.25, 0.3) is 0 Å². The van der Waals surface area contributed by atoms with Crippen LogP contribution in [0.4, 0.5) is 11.4 Å². The highest BCUT2D eigenvalue weighted by atomic mass is 35.5. The lowest BCUT2D eigenvalue weighted by Crippen LogP contribution is -2.32. The first-order chi connectivity index (χ1) is 11.1. The van der Waals surface area contributed by atoms with Crippen LogP contribution in [0.3, 0.4) is 0 Å². The lowest BCUT2D eigenvalue weighted by atomic mass is 10.1. The van der Waals surface area contributed by atoms with Crippen LogP contribution in [0, 0.1) is 10.1 Å². The summed E-state index contributed by atoms with van der Waals surface area (Å²) in [5.74, 6) is 0.720. The summed E-state index contributed by atoms with van der Waals surface area (Å²) in [4.78, 5) is 12.7. The molecule has 1 aliphatic rings. The van der Waals surface area contributed by atoms with Gasteiger partial charge in [-0.15, -0.1) is 0 Å². The zero-order valence-corrected chi connectivity index (χ0v) is 13.2. The van der Waals surface area contributed by atoms with E-state index < -0.39 is 4.92 Å². The molecule has 3 rings (SSSR count). The van der Waals surface area contributed by atoms with E-state index in [1.54, 1.807) is 6.07 Å². The Balaban J connectivity index is 1.95. The van der Waals surface area contributed by atoms with Gasteiger partial charge in [-0.3, -0.25) is 10.1 Å². The number of anilines is 1. The van der Waals surface area contributed by atoms with Crippen molar-refractivity contribution in [3.63, 3.8) is 0 Å². The number of methoxy groups -OCH3 is 1. The summed E-state index contributed by atoms with van der Waals surface area (Å²) in [6.07, 6.45) is 0. The molecular weight excluding hydrogens is 320 g/mol. The van der Waals surface area contributed by atoms with Crippen LogP contribution in [0.25, 0.3) is 0 Å². The van der Waals surface area contributed by atoms with Crippen molar-refractivity contribution in [3.8, 4) is 11.5 Å². The fourth-order valence-corrected chi connectivity index (χ4v) is 2.69. The highest BCUT2D eigenvalue weighted by Crippen LogP contribution is 2.41. The molecule has 0 atom stereocenters. The minimum atomic E-state index is -0.472. The third-order valence-electron chi connectivity index (χ3n) is 3.70. The normalized spacial score (nSPS) is 13.2. The second-order valence-electron chi connectivity index (χ2n) is 5.15. The molecule has 0 spiro atoms. The highest BCUT2D eigenvalue weighted by Gasteiger charge is 2.25. The fourth-order valence-electron chi connectivity index (χ4n) is 2.57. The predicted molar refractivity (Wildman–Crippen MR) is 87.6 cm³/mol. The van der Waals surface area contributed by atoms with E-state index in [2.05, 4.69) is 4.90 Å². The zero-order chi connectivity index (χ0) is 16.4. The molecule has 1 heterocycles.